The van der Waals surface area contributed by atoms with Gasteiger partial charge < -0.3 is 9.67 Å². The van der Waals surface area contributed by atoms with Crippen molar-refractivity contribution in [1.82, 2.24) is 4.57 Å². The molecule has 0 fully saturated rings. The average molecular weight is 201 g/mol. The van der Waals surface area contributed by atoms with Crippen LogP contribution in [-0.2, 0) is 13.5 Å². The molecule has 3 nitrogen and oxygen atoms in total. The Kier molecular flexibility index (Phi) is 3.69. The van der Waals surface area contributed by atoms with Crippen LogP contribution in [0.5, 0.6) is 0 Å². The van der Waals surface area contributed by atoms with E-state index in [2.05, 4.69) is 0 Å². The Morgan fingerprint density at radius 3 is 2.77 bits per heavy atom. The van der Waals surface area contributed by atoms with E-state index in [-0.39, 0.29) is 17.4 Å². The van der Waals surface area contributed by atoms with E-state index >= 15 is 0 Å². The molecule has 0 saturated heterocycles. The lowest BCUT2D eigenvalue weighted by Gasteiger charge is -2.10. The normalized spacial score (nSPS) is 13.2. The van der Waals surface area contributed by atoms with Crippen molar-refractivity contribution in [1.29, 1.82) is 0 Å². The molecule has 1 rings (SSSR count). The molecule has 1 atom stereocenters. The van der Waals surface area contributed by atoms with E-state index < -0.39 is 0 Å². The zero-order valence-corrected chi connectivity index (χ0v) is 8.80. The fourth-order valence-electron chi connectivity index (χ4n) is 1.21. The molecule has 1 unspecified atom stereocenters. The van der Waals surface area contributed by atoms with Crippen molar-refractivity contribution in [2.45, 2.75) is 19.8 Å². The minimum absolute atomic E-state index is 0.0720. The van der Waals surface area contributed by atoms with E-state index in [1.54, 1.807) is 11.6 Å². The summed E-state index contributed by atoms with van der Waals surface area (Å²) in [4.78, 5) is 11.2. The molecular formula is C9H15NO2S. The molecule has 1 aromatic heterocycles. The quantitative estimate of drug-likeness (QED) is 0.790. The van der Waals surface area contributed by atoms with Crippen LogP contribution < -0.4 is 4.87 Å². The van der Waals surface area contributed by atoms with Gasteiger partial charge in [-0.3, -0.25) is 4.79 Å². The molecule has 0 bridgehead atoms. The van der Waals surface area contributed by atoms with Crippen molar-refractivity contribution in [3.8, 4) is 0 Å². The number of hydrogen-bond donors (Lipinski definition) is 1. The van der Waals surface area contributed by atoms with E-state index in [1.165, 1.54) is 11.3 Å². The molecule has 0 aliphatic carbocycles. The second-order valence-electron chi connectivity index (χ2n) is 3.21. The molecule has 13 heavy (non-hydrogen) atoms. The monoisotopic (exact) mass is 201 g/mol. The number of aliphatic hydroxyl groups excluding tert-OH is 1. The Labute approximate surface area is 81.6 Å². The first kappa shape index (κ1) is 10.5. The van der Waals surface area contributed by atoms with Gasteiger partial charge >= 0.3 is 4.87 Å². The maximum absolute atomic E-state index is 11.1. The summed E-state index contributed by atoms with van der Waals surface area (Å²) < 4.78 is 1.66. The summed E-state index contributed by atoms with van der Waals surface area (Å²) in [5, 5.41) is 10.9. The molecular weight excluding hydrogens is 186 g/mol. The summed E-state index contributed by atoms with van der Waals surface area (Å²) in [7, 11) is 1.78. The zero-order chi connectivity index (χ0) is 9.84. The second-order valence-corrected chi connectivity index (χ2v) is 4.03. The molecule has 1 aromatic rings. The Hall–Kier alpha value is -0.610. The molecule has 0 aromatic carbocycles. The number of aromatic nitrogens is 1. The lowest BCUT2D eigenvalue weighted by Crippen LogP contribution is -2.15. The third-order valence-electron chi connectivity index (χ3n) is 2.33. The van der Waals surface area contributed by atoms with Gasteiger partial charge in [-0.05, 0) is 12.3 Å². The Balaban J connectivity index is 2.73. The van der Waals surface area contributed by atoms with E-state index in [0.29, 0.717) is 0 Å². The van der Waals surface area contributed by atoms with Crippen molar-refractivity contribution in [3.05, 3.63) is 20.7 Å². The highest BCUT2D eigenvalue weighted by molar-refractivity contribution is 7.07. The largest absolute Gasteiger partial charge is 0.396 e. The third kappa shape index (κ3) is 2.42. The van der Waals surface area contributed by atoms with Crippen LogP contribution in [0.4, 0.5) is 0 Å². The van der Waals surface area contributed by atoms with Crippen LogP contribution in [0.2, 0.25) is 0 Å². The van der Waals surface area contributed by atoms with E-state index in [4.69, 9.17) is 5.11 Å². The van der Waals surface area contributed by atoms with Crippen LogP contribution in [-0.4, -0.2) is 16.3 Å². The molecule has 0 amide bonds. The van der Waals surface area contributed by atoms with Crippen molar-refractivity contribution in [2.24, 2.45) is 13.0 Å². The van der Waals surface area contributed by atoms with Gasteiger partial charge in [-0.25, -0.2) is 0 Å². The van der Waals surface area contributed by atoms with Gasteiger partial charge in [0.2, 0.25) is 0 Å². The van der Waals surface area contributed by atoms with Crippen molar-refractivity contribution in [2.75, 3.05) is 6.61 Å². The highest BCUT2D eigenvalue weighted by Gasteiger charge is 2.09. The topological polar surface area (TPSA) is 42.2 Å². The maximum atomic E-state index is 11.1. The van der Waals surface area contributed by atoms with E-state index in [0.717, 1.165) is 18.5 Å². The Morgan fingerprint density at radius 2 is 2.38 bits per heavy atom. The summed E-state index contributed by atoms with van der Waals surface area (Å²) in [5.41, 5.74) is 1.02. The first-order valence-electron chi connectivity index (χ1n) is 4.43. The van der Waals surface area contributed by atoms with Crippen LogP contribution in [0, 0.1) is 5.92 Å². The number of rotatable bonds is 4. The second kappa shape index (κ2) is 4.58. The fourth-order valence-corrected chi connectivity index (χ4v) is 1.98. The molecule has 1 N–H and O–H groups in total. The van der Waals surface area contributed by atoms with Crippen LogP contribution in [0.25, 0.3) is 0 Å². The lowest BCUT2D eigenvalue weighted by molar-refractivity contribution is 0.220. The highest BCUT2D eigenvalue weighted by Crippen LogP contribution is 2.11. The summed E-state index contributed by atoms with van der Waals surface area (Å²) in [6, 6.07) is 0. The first-order chi connectivity index (χ1) is 6.19. The number of nitrogens with zero attached hydrogens (tertiary/aromatic N) is 1. The van der Waals surface area contributed by atoms with Crippen LogP contribution in [0.1, 0.15) is 19.0 Å². The predicted molar refractivity (Wildman–Crippen MR) is 54.1 cm³/mol. The predicted octanol–water partition coefficient (Wildman–Crippen LogP) is 1.01. The van der Waals surface area contributed by atoms with Gasteiger partial charge in [0.25, 0.3) is 0 Å². The van der Waals surface area contributed by atoms with Crippen LogP contribution in [0.3, 0.4) is 0 Å². The summed E-state index contributed by atoms with van der Waals surface area (Å²) in [6.07, 6.45) is 1.74. The molecule has 0 aliphatic heterocycles. The standard InChI is InChI=1S/C9H15NO2S/c1-3-7(5-11)4-8-6-13-9(12)10(8)2/h6-7,11H,3-5H2,1-2H3. The SMILES string of the molecule is CCC(CO)Cc1csc(=O)n1C. The molecule has 4 heteroatoms. The highest BCUT2D eigenvalue weighted by atomic mass is 32.1. The maximum Gasteiger partial charge on any atom is 0.307 e. The van der Waals surface area contributed by atoms with Gasteiger partial charge in [0.1, 0.15) is 0 Å². The number of thiazole rings is 1. The smallest absolute Gasteiger partial charge is 0.307 e. The molecule has 74 valence electrons. The number of aliphatic hydroxyl groups is 1. The molecule has 1 heterocycles. The van der Waals surface area contributed by atoms with Crippen molar-refractivity contribution in [3.63, 3.8) is 0 Å². The first-order valence-corrected chi connectivity index (χ1v) is 5.31. The van der Waals surface area contributed by atoms with Crippen molar-refractivity contribution < 1.29 is 5.11 Å². The van der Waals surface area contributed by atoms with Gasteiger partial charge in [0.05, 0.1) is 0 Å². The zero-order valence-electron chi connectivity index (χ0n) is 7.99. The third-order valence-corrected chi connectivity index (χ3v) is 3.20. The number of hydrogen-bond acceptors (Lipinski definition) is 3. The van der Waals surface area contributed by atoms with E-state index in [1.807, 2.05) is 12.3 Å². The molecule has 0 spiro atoms. The average Bonchev–Trinajstić information content (AvgIpc) is 2.45. The minimum atomic E-state index is 0.0720. The molecule has 0 radical (unpaired) electrons. The van der Waals surface area contributed by atoms with Gasteiger partial charge in [0, 0.05) is 24.7 Å². The van der Waals surface area contributed by atoms with Gasteiger partial charge in [0.15, 0.2) is 0 Å². The van der Waals surface area contributed by atoms with Crippen molar-refractivity contribution >= 4 is 11.3 Å². The van der Waals surface area contributed by atoms with Gasteiger partial charge in [-0.15, -0.1) is 0 Å². The van der Waals surface area contributed by atoms with Crippen LogP contribution >= 0.6 is 11.3 Å². The van der Waals surface area contributed by atoms with E-state index in [9.17, 15) is 4.79 Å². The lowest BCUT2D eigenvalue weighted by atomic mass is 10.0. The summed E-state index contributed by atoms with van der Waals surface area (Å²) in [6.45, 7) is 2.24. The van der Waals surface area contributed by atoms with Gasteiger partial charge in [-0.2, -0.15) is 0 Å². The fraction of sp³-hybridized carbons (Fsp3) is 0.667. The summed E-state index contributed by atoms with van der Waals surface area (Å²) >= 11 is 1.22. The van der Waals surface area contributed by atoms with Crippen LogP contribution in [0.15, 0.2) is 10.2 Å². The minimum Gasteiger partial charge on any atom is -0.396 e. The van der Waals surface area contributed by atoms with Gasteiger partial charge in [-0.1, -0.05) is 24.7 Å². The summed E-state index contributed by atoms with van der Waals surface area (Å²) in [5.74, 6) is 0.278. The Morgan fingerprint density at radius 1 is 1.69 bits per heavy atom. The molecule has 0 aliphatic rings. The molecule has 0 saturated carbocycles. The Bertz CT molecular complexity index is 312.